The minimum atomic E-state index is 0. The first-order chi connectivity index (χ1) is 2.91. The Hall–Kier alpha value is 0.750. The van der Waals surface area contributed by atoms with Crippen LogP contribution in [0, 0.1) is 0 Å². The molecule has 0 atom stereocenters. The Bertz CT molecular complexity index is 26.3. The molecule has 0 rings (SSSR count). The number of likely N-dealkylation sites (N-methyl/N-ethyl adjacent to an activating group) is 1. The van der Waals surface area contributed by atoms with E-state index < -0.39 is 0 Å². The monoisotopic (exact) mass is 197 g/mol. The maximum atomic E-state index is 4.92. The number of nitrogens with two attached hydrogens (primary N) is 1. The summed E-state index contributed by atoms with van der Waals surface area (Å²) in [6.45, 7) is 1.76. The van der Waals surface area contributed by atoms with Crippen molar-refractivity contribution < 1.29 is 0 Å². The van der Waals surface area contributed by atoms with E-state index in [4.69, 9.17) is 5.84 Å². The maximum Gasteiger partial charge on any atom is 0.0223 e. The lowest BCUT2D eigenvalue weighted by molar-refractivity contribution is 0.678. The summed E-state index contributed by atoms with van der Waals surface area (Å²) in [6, 6.07) is 0. The van der Waals surface area contributed by atoms with Gasteiger partial charge in [0, 0.05) is 13.1 Å². The molecule has 4 N–H and O–H groups in total. The minimum Gasteiger partial charge on any atom is -0.318 e. The predicted molar refractivity (Wildman–Crippen MR) is 47.9 cm³/mol. The van der Waals surface area contributed by atoms with E-state index in [2.05, 4.69) is 10.7 Å². The summed E-state index contributed by atoms with van der Waals surface area (Å²) in [5.74, 6) is 4.92. The van der Waals surface area contributed by atoms with Gasteiger partial charge in [-0.15, -0.1) is 37.2 Å². The molecule has 0 aromatic carbocycles. The lowest BCUT2D eigenvalue weighted by Crippen LogP contribution is -2.29. The number of hydrogen-bond donors (Lipinski definition) is 3. The summed E-state index contributed by atoms with van der Waals surface area (Å²) in [5, 5.41) is 2.93. The fourth-order valence-corrected chi connectivity index (χ4v) is 0.197. The molecule has 0 amide bonds. The molecule has 0 aromatic heterocycles. The molecule has 0 fully saturated rings. The highest BCUT2D eigenvalue weighted by atomic mass is 35.5. The molecule has 0 unspecified atom stereocenters. The van der Waals surface area contributed by atoms with Crippen LogP contribution in [0.25, 0.3) is 0 Å². The Morgan fingerprint density at radius 2 is 1.56 bits per heavy atom. The molecule has 0 saturated heterocycles. The van der Waals surface area contributed by atoms with Crippen molar-refractivity contribution in [3.8, 4) is 0 Å². The fourth-order valence-electron chi connectivity index (χ4n) is 0.197. The van der Waals surface area contributed by atoms with Crippen LogP contribution in [0.15, 0.2) is 0 Å². The third-order valence-electron chi connectivity index (χ3n) is 0.519. The Kier molecular flexibility index (Phi) is 58.4. The van der Waals surface area contributed by atoms with Crippen molar-refractivity contribution in [1.29, 1.82) is 0 Å². The van der Waals surface area contributed by atoms with Gasteiger partial charge in [0.1, 0.15) is 0 Å². The molecule has 0 aliphatic rings. The molecule has 9 heavy (non-hydrogen) atoms. The van der Waals surface area contributed by atoms with Crippen LogP contribution >= 0.6 is 37.2 Å². The average Bonchev–Trinajstić information content (AvgIpc) is 1.61. The second-order valence-electron chi connectivity index (χ2n) is 1.06. The van der Waals surface area contributed by atoms with E-state index in [0.717, 1.165) is 13.1 Å². The fraction of sp³-hybridized carbons (Fsp3) is 1.00. The number of nitrogens with one attached hydrogen (secondary N) is 2. The van der Waals surface area contributed by atoms with Crippen LogP contribution in [0.4, 0.5) is 0 Å². The summed E-state index contributed by atoms with van der Waals surface area (Å²) >= 11 is 0. The lowest BCUT2D eigenvalue weighted by atomic mass is 10.7. The number of rotatable bonds is 3. The van der Waals surface area contributed by atoms with Gasteiger partial charge in [-0.1, -0.05) is 0 Å². The molecule has 0 aromatic rings. The van der Waals surface area contributed by atoms with Crippen molar-refractivity contribution in [3.05, 3.63) is 0 Å². The van der Waals surface area contributed by atoms with E-state index in [-0.39, 0.29) is 37.2 Å². The van der Waals surface area contributed by atoms with Crippen LogP contribution in [0.5, 0.6) is 0 Å². The highest BCUT2D eigenvalue weighted by Gasteiger charge is 1.71. The van der Waals surface area contributed by atoms with Gasteiger partial charge in [-0.05, 0) is 7.05 Å². The lowest BCUT2D eigenvalue weighted by Gasteiger charge is -1.92. The van der Waals surface area contributed by atoms with E-state index in [9.17, 15) is 0 Å². The van der Waals surface area contributed by atoms with Gasteiger partial charge in [0.25, 0.3) is 0 Å². The first-order valence-electron chi connectivity index (χ1n) is 2.00. The summed E-state index contributed by atoms with van der Waals surface area (Å²) in [4.78, 5) is 0. The number of halogens is 3. The summed E-state index contributed by atoms with van der Waals surface area (Å²) in [6.07, 6.45) is 0. The first kappa shape index (κ1) is 22.6. The third-order valence-corrected chi connectivity index (χ3v) is 0.519. The van der Waals surface area contributed by atoms with Crippen molar-refractivity contribution in [2.45, 2.75) is 0 Å². The summed E-state index contributed by atoms with van der Waals surface area (Å²) in [7, 11) is 1.89. The second-order valence-corrected chi connectivity index (χ2v) is 1.06. The van der Waals surface area contributed by atoms with Gasteiger partial charge in [0.2, 0.25) is 0 Å². The quantitative estimate of drug-likeness (QED) is 0.338. The Balaban J connectivity index is -0.0000000417. The van der Waals surface area contributed by atoms with Gasteiger partial charge in [0.05, 0.1) is 0 Å². The van der Waals surface area contributed by atoms with Crippen molar-refractivity contribution in [2.75, 3.05) is 20.1 Å². The molecule has 0 aliphatic carbocycles. The molecule has 0 heterocycles. The first-order valence-corrected chi connectivity index (χ1v) is 2.00. The minimum absolute atomic E-state index is 0. The summed E-state index contributed by atoms with van der Waals surface area (Å²) < 4.78 is 0. The topological polar surface area (TPSA) is 50.1 Å². The van der Waals surface area contributed by atoms with E-state index >= 15 is 0 Å². The zero-order chi connectivity index (χ0) is 4.83. The highest BCUT2D eigenvalue weighted by molar-refractivity contribution is 5.86. The molecule has 0 spiro atoms. The van der Waals surface area contributed by atoms with Crippen LogP contribution in [-0.4, -0.2) is 20.1 Å². The second kappa shape index (κ2) is 23.3. The standard InChI is InChI=1S/C3H11N3.3ClH/c1-5-2-3-6-4;;;/h5-6H,2-4H2,1H3;3*1H. The zero-order valence-electron chi connectivity index (χ0n) is 5.22. The molecule has 0 bridgehead atoms. The molecule has 0 aliphatic heterocycles. The molecular formula is C3H14Cl3N3. The van der Waals surface area contributed by atoms with Gasteiger partial charge in [-0.3, -0.25) is 11.3 Å². The van der Waals surface area contributed by atoms with Crippen molar-refractivity contribution in [3.63, 3.8) is 0 Å². The van der Waals surface area contributed by atoms with Crippen molar-refractivity contribution in [2.24, 2.45) is 5.84 Å². The number of hydrogen-bond acceptors (Lipinski definition) is 3. The van der Waals surface area contributed by atoms with Crippen LogP contribution < -0.4 is 16.6 Å². The normalized spacial score (nSPS) is 6.00. The van der Waals surface area contributed by atoms with E-state index in [1.807, 2.05) is 7.05 Å². The Morgan fingerprint density at radius 1 is 1.11 bits per heavy atom. The molecule has 0 radical (unpaired) electrons. The van der Waals surface area contributed by atoms with Crippen LogP contribution in [0.3, 0.4) is 0 Å². The molecule has 62 valence electrons. The molecule has 3 nitrogen and oxygen atoms in total. The zero-order valence-corrected chi connectivity index (χ0v) is 7.67. The maximum absolute atomic E-state index is 4.92. The Morgan fingerprint density at radius 3 is 1.67 bits per heavy atom. The third kappa shape index (κ3) is 28.4. The van der Waals surface area contributed by atoms with E-state index in [1.165, 1.54) is 0 Å². The molecule has 6 heteroatoms. The average molecular weight is 199 g/mol. The van der Waals surface area contributed by atoms with Crippen molar-refractivity contribution in [1.82, 2.24) is 10.7 Å². The van der Waals surface area contributed by atoms with Crippen LogP contribution in [0.2, 0.25) is 0 Å². The number of hydrazine groups is 1. The van der Waals surface area contributed by atoms with Gasteiger partial charge < -0.3 is 5.32 Å². The van der Waals surface area contributed by atoms with E-state index in [0.29, 0.717) is 0 Å². The SMILES string of the molecule is CNCCNN.Cl.Cl.Cl. The van der Waals surface area contributed by atoms with Gasteiger partial charge in [-0.2, -0.15) is 0 Å². The Labute approximate surface area is 74.3 Å². The van der Waals surface area contributed by atoms with Gasteiger partial charge in [-0.25, -0.2) is 0 Å². The highest BCUT2D eigenvalue weighted by Crippen LogP contribution is 1.42. The molecule has 0 saturated carbocycles. The summed E-state index contributed by atoms with van der Waals surface area (Å²) in [5.41, 5.74) is 2.51. The van der Waals surface area contributed by atoms with Gasteiger partial charge in [0.15, 0.2) is 0 Å². The van der Waals surface area contributed by atoms with Crippen LogP contribution in [-0.2, 0) is 0 Å². The van der Waals surface area contributed by atoms with Gasteiger partial charge >= 0.3 is 0 Å². The smallest absolute Gasteiger partial charge is 0.0223 e. The molecular weight excluding hydrogens is 184 g/mol. The van der Waals surface area contributed by atoms with Crippen LogP contribution in [0.1, 0.15) is 0 Å². The van der Waals surface area contributed by atoms with E-state index in [1.54, 1.807) is 0 Å². The van der Waals surface area contributed by atoms with Crippen molar-refractivity contribution >= 4 is 37.2 Å². The predicted octanol–water partition coefficient (Wildman–Crippen LogP) is -0.0655. The largest absolute Gasteiger partial charge is 0.318 e.